The van der Waals surface area contributed by atoms with Gasteiger partial charge in [0.2, 0.25) is 0 Å². The molecule has 0 radical (unpaired) electrons. The van der Waals surface area contributed by atoms with Crippen LogP contribution in [0.5, 0.6) is 0 Å². The van der Waals surface area contributed by atoms with Gasteiger partial charge in [-0.25, -0.2) is 0 Å². The van der Waals surface area contributed by atoms with Crippen LogP contribution in [0.1, 0.15) is 18.1 Å². The first-order valence-electron chi connectivity index (χ1n) is 5.01. The summed E-state index contributed by atoms with van der Waals surface area (Å²) in [5, 5.41) is 10.6. The second-order valence-corrected chi connectivity index (χ2v) is 5.19. The minimum absolute atomic E-state index is 0.355. The molecule has 1 nitrogen and oxygen atoms in total. The minimum atomic E-state index is -0.601. The van der Waals surface area contributed by atoms with Gasteiger partial charge in [0.05, 0.1) is 0 Å². The summed E-state index contributed by atoms with van der Waals surface area (Å²) in [6, 6.07) is 8.16. The average Bonchev–Trinajstić information content (AvgIpc) is 2.49. The van der Waals surface area contributed by atoms with E-state index < -0.39 is 5.60 Å². The number of thioether (sulfide) groups is 1. The first-order chi connectivity index (χ1) is 6.64. The molecule has 1 aromatic rings. The molecule has 0 saturated carbocycles. The summed E-state index contributed by atoms with van der Waals surface area (Å²) in [4.78, 5) is 0. The van der Waals surface area contributed by atoms with Crippen molar-refractivity contribution in [2.24, 2.45) is 5.92 Å². The Labute approximate surface area is 89.5 Å². The van der Waals surface area contributed by atoms with Crippen LogP contribution in [0.4, 0.5) is 0 Å². The summed E-state index contributed by atoms with van der Waals surface area (Å²) < 4.78 is 0. The van der Waals surface area contributed by atoms with Gasteiger partial charge in [-0.05, 0) is 29.7 Å². The Bertz CT molecular complexity index is 337. The van der Waals surface area contributed by atoms with E-state index in [0.29, 0.717) is 5.92 Å². The van der Waals surface area contributed by atoms with Gasteiger partial charge in [-0.15, -0.1) is 0 Å². The Morgan fingerprint density at radius 2 is 2.14 bits per heavy atom. The predicted molar refractivity (Wildman–Crippen MR) is 61.6 cm³/mol. The molecule has 0 spiro atoms. The van der Waals surface area contributed by atoms with Crippen LogP contribution in [0.25, 0.3) is 0 Å². The fourth-order valence-electron chi connectivity index (χ4n) is 2.07. The molecule has 1 aromatic carbocycles. The van der Waals surface area contributed by atoms with Crippen molar-refractivity contribution in [2.45, 2.75) is 19.4 Å². The van der Waals surface area contributed by atoms with Crippen LogP contribution in [0.3, 0.4) is 0 Å². The summed E-state index contributed by atoms with van der Waals surface area (Å²) in [5.41, 5.74) is 1.71. The maximum atomic E-state index is 10.6. The molecule has 1 heterocycles. The van der Waals surface area contributed by atoms with Crippen LogP contribution >= 0.6 is 11.8 Å². The van der Waals surface area contributed by atoms with E-state index in [1.54, 1.807) is 0 Å². The van der Waals surface area contributed by atoms with Crippen molar-refractivity contribution in [3.05, 3.63) is 35.4 Å². The van der Waals surface area contributed by atoms with Crippen molar-refractivity contribution in [3.63, 3.8) is 0 Å². The quantitative estimate of drug-likeness (QED) is 0.765. The highest BCUT2D eigenvalue weighted by Gasteiger charge is 2.40. The smallest absolute Gasteiger partial charge is 0.102 e. The first kappa shape index (κ1) is 10.1. The Morgan fingerprint density at radius 3 is 2.71 bits per heavy atom. The number of benzene rings is 1. The molecule has 0 unspecified atom stereocenters. The van der Waals surface area contributed by atoms with Crippen LogP contribution < -0.4 is 0 Å². The molecule has 0 aromatic heterocycles. The molecule has 76 valence electrons. The minimum Gasteiger partial charge on any atom is -0.384 e. The van der Waals surface area contributed by atoms with Crippen LogP contribution in [0, 0.1) is 12.8 Å². The third kappa shape index (κ3) is 1.47. The van der Waals surface area contributed by atoms with E-state index in [2.05, 4.69) is 26.0 Å². The van der Waals surface area contributed by atoms with Crippen LogP contribution in [-0.2, 0) is 5.60 Å². The lowest BCUT2D eigenvalue weighted by atomic mass is 9.83. The molecule has 2 rings (SSSR count). The summed E-state index contributed by atoms with van der Waals surface area (Å²) in [7, 11) is 0. The molecule has 14 heavy (non-hydrogen) atoms. The van der Waals surface area contributed by atoms with Crippen molar-refractivity contribution in [1.29, 1.82) is 0 Å². The lowest BCUT2D eigenvalue weighted by molar-refractivity contribution is 0.0229. The molecular formula is C12H16OS. The van der Waals surface area contributed by atoms with E-state index in [1.807, 2.05) is 23.9 Å². The molecule has 2 heteroatoms. The Kier molecular flexibility index (Phi) is 2.58. The van der Waals surface area contributed by atoms with E-state index in [1.165, 1.54) is 5.56 Å². The highest BCUT2D eigenvalue weighted by Crippen LogP contribution is 2.42. The third-order valence-corrected chi connectivity index (χ3v) is 4.50. The van der Waals surface area contributed by atoms with E-state index in [0.717, 1.165) is 17.1 Å². The highest BCUT2D eigenvalue weighted by atomic mass is 32.2. The Morgan fingerprint density at radius 1 is 1.43 bits per heavy atom. The van der Waals surface area contributed by atoms with Gasteiger partial charge in [-0.3, -0.25) is 0 Å². The summed E-state index contributed by atoms with van der Waals surface area (Å²) in [6.07, 6.45) is 0. The summed E-state index contributed by atoms with van der Waals surface area (Å²) >= 11 is 1.84. The standard InChI is InChI=1S/C12H16OS/c1-9-5-3-4-6-11(9)12(13)8-14-7-10(12)2/h3-6,10,13H,7-8H2,1-2H3/t10-,12-/m1/s1. The predicted octanol–water partition coefficient (Wildman–Crippen LogP) is 2.57. The average molecular weight is 208 g/mol. The highest BCUT2D eigenvalue weighted by molar-refractivity contribution is 7.99. The van der Waals surface area contributed by atoms with Crippen LogP contribution in [0.15, 0.2) is 24.3 Å². The molecule has 1 aliphatic rings. The van der Waals surface area contributed by atoms with Gasteiger partial charge in [0.25, 0.3) is 0 Å². The zero-order chi connectivity index (χ0) is 10.2. The molecule has 1 saturated heterocycles. The molecule has 0 amide bonds. The molecule has 2 atom stereocenters. The lowest BCUT2D eigenvalue weighted by Gasteiger charge is -2.28. The molecule has 0 bridgehead atoms. The van der Waals surface area contributed by atoms with E-state index in [9.17, 15) is 5.11 Å². The Balaban J connectivity index is 2.43. The zero-order valence-electron chi connectivity index (χ0n) is 8.66. The molecule has 1 fully saturated rings. The van der Waals surface area contributed by atoms with Crippen LogP contribution in [0.2, 0.25) is 0 Å². The molecule has 1 N–H and O–H groups in total. The van der Waals surface area contributed by atoms with Gasteiger partial charge >= 0.3 is 0 Å². The number of rotatable bonds is 1. The van der Waals surface area contributed by atoms with E-state index in [4.69, 9.17) is 0 Å². The molecule has 1 aliphatic heterocycles. The van der Waals surface area contributed by atoms with Gasteiger partial charge in [-0.2, -0.15) is 11.8 Å². The van der Waals surface area contributed by atoms with E-state index >= 15 is 0 Å². The second kappa shape index (κ2) is 3.59. The fraction of sp³-hybridized carbons (Fsp3) is 0.500. The summed E-state index contributed by atoms with van der Waals surface area (Å²) in [6.45, 7) is 4.20. The fourth-order valence-corrected chi connectivity index (χ4v) is 3.57. The molecule has 0 aliphatic carbocycles. The van der Waals surface area contributed by atoms with Gasteiger partial charge < -0.3 is 5.11 Å². The van der Waals surface area contributed by atoms with Gasteiger partial charge in [0, 0.05) is 5.75 Å². The van der Waals surface area contributed by atoms with Crippen molar-refractivity contribution < 1.29 is 5.11 Å². The largest absolute Gasteiger partial charge is 0.384 e. The number of hydrogen-bond acceptors (Lipinski definition) is 2. The van der Waals surface area contributed by atoms with Crippen molar-refractivity contribution in [1.82, 2.24) is 0 Å². The normalized spacial score (nSPS) is 32.1. The van der Waals surface area contributed by atoms with Crippen molar-refractivity contribution in [3.8, 4) is 0 Å². The zero-order valence-corrected chi connectivity index (χ0v) is 9.47. The topological polar surface area (TPSA) is 20.2 Å². The second-order valence-electron chi connectivity index (χ2n) is 4.16. The first-order valence-corrected chi connectivity index (χ1v) is 6.16. The van der Waals surface area contributed by atoms with Gasteiger partial charge in [0.1, 0.15) is 5.60 Å². The number of aryl methyl sites for hydroxylation is 1. The third-order valence-electron chi connectivity index (χ3n) is 3.12. The van der Waals surface area contributed by atoms with Crippen molar-refractivity contribution in [2.75, 3.05) is 11.5 Å². The summed E-state index contributed by atoms with van der Waals surface area (Å²) in [5.74, 6) is 2.25. The van der Waals surface area contributed by atoms with Crippen LogP contribution in [-0.4, -0.2) is 16.6 Å². The van der Waals surface area contributed by atoms with Crippen molar-refractivity contribution >= 4 is 11.8 Å². The SMILES string of the molecule is Cc1ccccc1[C@@]1(O)CSC[C@H]1C. The number of hydrogen-bond donors (Lipinski definition) is 1. The van der Waals surface area contributed by atoms with Gasteiger partial charge in [0.15, 0.2) is 0 Å². The molecular weight excluding hydrogens is 192 g/mol. The maximum Gasteiger partial charge on any atom is 0.102 e. The lowest BCUT2D eigenvalue weighted by Crippen LogP contribution is -2.33. The van der Waals surface area contributed by atoms with Gasteiger partial charge in [-0.1, -0.05) is 31.2 Å². The maximum absolute atomic E-state index is 10.6. The monoisotopic (exact) mass is 208 g/mol. The number of aliphatic hydroxyl groups is 1. The van der Waals surface area contributed by atoms with E-state index in [-0.39, 0.29) is 0 Å². The Hall–Kier alpha value is -0.470.